The van der Waals surface area contributed by atoms with E-state index in [-0.39, 0.29) is 5.90 Å². The Balaban J connectivity index is 1.87. The van der Waals surface area contributed by atoms with Gasteiger partial charge in [0.25, 0.3) is 5.90 Å². The van der Waals surface area contributed by atoms with Gasteiger partial charge in [0.2, 0.25) is 0 Å². The molecule has 0 saturated carbocycles. The van der Waals surface area contributed by atoms with Gasteiger partial charge < -0.3 is 19.1 Å². The lowest BCUT2D eigenvalue weighted by Crippen LogP contribution is -2.26. The van der Waals surface area contributed by atoms with Crippen LogP contribution in [0.25, 0.3) is 0 Å². The van der Waals surface area contributed by atoms with Gasteiger partial charge in [-0.2, -0.15) is 0 Å². The van der Waals surface area contributed by atoms with Crippen LogP contribution in [0.15, 0.2) is 58.8 Å². The molecule has 0 fully saturated rings. The summed E-state index contributed by atoms with van der Waals surface area (Å²) in [6.45, 7) is 3.33. The SMILES string of the molecule is CO/N=C(/C1=NOCCO1)c1ccccc1OCc1ccccc1C. The first-order chi connectivity index (χ1) is 12.3. The molecule has 1 heterocycles. The van der Waals surface area contributed by atoms with Crippen LogP contribution in [0.1, 0.15) is 16.7 Å². The lowest BCUT2D eigenvalue weighted by Gasteiger charge is -2.17. The number of aryl methyl sites for hydroxylation is 1. The van der Waals surface area contributed by atoms with Gasteiger partial charge in [0.05, 0.1) is 5.56 Å². The Morgan fingerprint density at radius 3 is 2.68 bits per heavy atom. The number of para-hydroxylation sites is 1. The van der Waals surface area contributed by atoms with Gasteiger partial charge in [-0.15, -0.1) is 0 Å². The molecule has 3 rings (SSSR count). The fraction of sp³-hybridized carbons (Fsp3) is 0.263. The van der Waals surface area contributed by atoms with Crippen molar-refractivity contribution >= 4 is 11.6 Å². The van der Waals surface area contributed by atoms with E-state index < -0.39 is 0 Å². The fourth-order valence-electron chi connectivity index (χ4n) is 2.43. The van der Waals surface area contributed by atoms with Gasteiger partial charge in [-0.05, 0) is 35.3 Å². The predicted molar refractivity (Wildman–Crippen MR) is 94.8 cm³/mol. The van der Waals surface area contributed by atoms with Crippen molar-refractivity contribution in [2.45, 2.75) is 13.5 Å². The van der Waals surface area contributed by atoms with Crippen LogP contribution in [-0.4, -0.2) is 31.9 Å². The van der Waals surface area contributed by atoms with Crippen LogP contribution in [0.5, 0.6) is 5.75 Å². The van der Waals surface area contributed by atoms with E-state index in [0.717, 1.165) is 11.1 Å². The zero-order valence-corrected chi connectivity index (χ0v) is 14.3. The molecule has 1 aliphatic rings. The predicted octanol–water partition coefficient (Wildman–Crippen LogP) is 3.28. The van der Waals surface area contributed by atoms with Gasteiger partial charge in [0.1, 0.15) is 26.1 Å². The molecule has 6 nitrogen and oxygen atoms in total. The van der Waals surface area contributed by atoms with Crippen molar-refractivity contribution in [1.29, 1.82) is 0 Å². The number of oxime groups is 2. The third-order valence-corrected chi connectivity index (χ3v) is 3.73. The van der Waals surface area contributed by atoms with Crippen molar-refractivity contribution in [3.8, 4) is 5.75 Å². The van der Waals surface area contributed by atoms with Gasteiger partial charge in [0, 0.05) is 0 Å². The summed E-state index contributed by atoms with van der Waals surface area (Å²) in [5.41, 5.74) is 3.46. The first-order valence-corrected chi connectivity index (χ1v) is 8.00. The molecule has 0 aromatic heterocycles. The van der Waals surface area contributed by atoms with E-state index in [0.29, 0.717) is 31.3 Å². The molecule has 0 amide bonds. The van der Waals surface area contributed by atoms with Crippen LogP contribution in [0.2, 0.25) is 0 Å². The van der Waals surface area contributed by atoms with E-state index in [1.165, 1.54) is 12.7 Å². The van der Waals surface area contributed by atoms with Crippen molar-refractivity contribution < 1.29 is 19.1 Å². The van der Waals surface area contributed by atoms with Gasteiger partial charge in [0.15, 0.2) is 12.3 Å². The first kappa shape index (κ1) is 16.8. The first-order valence-electron chi connectivity index (χ1n) is 8.00. The van der Waals surface area contributed by atoms with E-state index in [1.807, 2.05) is 42.5 Å². The van der Waals surface area contributed by atoms with Gasteiger partial charge in [-0.3, -0.25) is 0 Å². The van der Waals surface area contributed by atoms with E-state index in [4.69, 9.17) is 19.1 Å². The zero-order valence-electron chi connectivity index (χ0n) is 14.3. The zero-order chi connectivity index (χ0) is 17.5. The maximum absolute atomic E-state index is 6.03. The largest absolute Gasteiger partial charge is 0.488 e. The van der Waals surface area contributed by atoms with Crippen LogP contribution in [0, 0.1) is 6.92 Å². The van der Waals surface area contributed by atoms with Crippen LogP contribution in [0.3, 0.4) is 0 Å². The third kappa shape index (κ3) is 4.09. The van der Waals surface area contributed by atoms with E-state index in [2.05, 4.69) is 23.3 Å². The van der Waals surface area contributed by atoms with Crippen molar-refractivity contribution in [2.24, 2.45) is 10.3 Å². The smallest absolute Gasteiger partial charge is 0.280 e. The number of ether oxygens (including phenoxy) is 2. The Hall–Kier alpha value is -3.02. The molecule has 0 unspecified atom stereocenters. The van der Waals surface area contributed by atoms with E-state index in [1.54, 1.807) is 0 Å². The fourth-order valence-corrected chi connectivity index (χ4v) is 2.43. The highest BCUT2D eigenvalue weighted by Crippen LogP contribution is 2.22. The number of nitrogens with zero attached hydrogens (tertiary/aromatic N) is 2. The Morgan fingerprint density at radius 1 is 1.12 bits per heavy atom. The quantitative estimate of drug-likeness (QED) is 0.598. The minimum Gasteiger partial charge on any atom is -0.488 e. The van der Waals surface area contributed by atoms with Gasteiger partial charge >= 0.3 is 0 Å². The summed E-state index contributed by atoms with van der Waals surface area (Å²) in [6.07, 6.45) is 0. The molecule has 2 aromatic rings. The van der Waals surface area contributed by atoms with Crippen LogP contribution < -0.4 is 4.74 Å². The minimum absolute atomic E-state index is 0.278. The van der Waals surface area contributed by atoms with Crippen molar-refractivity contribution in [1.82, 2.24) is 0 Å². The van der Waals surface area contributed by atoms with Crippen molar-refractivity contribution in [2.75, 3.05) is 20.3 Å². The second kappa shape index (κ2) is 8.19. The topological polar surface area (TPSA) is 61.6 Å². The van der Waals surface area contributed by atoms with E-state index in [9.17, 15) is 0 Å². The Morgan fingerprint density at radius 2 is 1.92 bits per heavy atom. The van der Waals surface area contributed by atoms with Crippen LogP contribution in [0.4, 0.5) is 0 Å². The summed E-state index contributed by atoms with van der Waals surface area (Å²) in [5.74, 6) is 0.943. The number of hydrogen-bond donors (Lipinski definition) is 0. The molecule has 0 aliphatic carbocycles. The average molecular weight is 340 g/mol. The monoisotopic (exact) mass is 340 g/mol. The molecular formula is C19H20N2O4. The standard InChI is InChI=1S/C19H20N2O4/c1-14-7-3-4-8-15(14)13-24-17-10-6-5-9-16(17)18(20-22-2)19-21-25-12-11-23-19/h3-10H,11-13H2,1-2H3/b20-18+. The number of benzene rings is 2. The molecule has 0 saturated heterocycles. The van der Waals surface area contributed by atoms with Crippen LogP contribution >= 0.6 is 0 Å². The Bertz CT molecular complexity index is 786. The molecule has 0 atom stereocenters. The third-order valence-electron chi connectivity index (χ3n) is 3.73. The Kier molecular flexibility index (Phi) is 5.51. The molecule has 25 heavy (non-hydrogen) atoms. The maximum Gasteiger partial charge on any atom is 0.280 e. The summed E-state index contributed by atoms with van der Waals surface area (Å²) >= 11 is 0. The molecule has 130 valence electrons. The normalized spacial score (nSPS) is 14.2. The Labute approximate surface area is 146 Å². The molecule has 0 N–H and O–H groups in total. The second-order valence-electron chi connectivity index (χ2n) is 5.41. The lowest BCUT2D eigenvalue weighted by molar-refractivity contribution is 0.0672. The summed E-state index contributed by atoms with van der Waals surface area (Å²) < 4.78 is 11.6. The average Bonchev–Trinajstić information content (AvgIpc) is 2.66. The van der Waals surface area contributed by atoms with Crippen LogP contribution in [-0.2, 0) is 21.0 Å². The maximum atomic E-state index is 6.03. The highest BCUT2D eigenvalue weighted by molar-refractivity contribution is 6.45. The molecule has 2 aromatic carbocycles. The van der Waals surface area contributed by atoms with Gasteiger partial charge in [-0.25, -0.2) is 0 Å². The molecule has 0 radical (unpaired) electrons. The molecule has 0 bridgehead atoms. The van der Waals surface area contributed by atoms with Gasteiger partial charge in [-0.1, -0.05) is 41.6 Å². The van der Waals surface area contributed by atoms with E-state index >= 15 is 0 Å². The van der Waals surface area contributed by atoms with Crippen molar-refractivity contribution in [3.05, 3.63) is 65.2 Å². The summed E-state index contributed by atoms with van der Waals surface area (Å²) in [7, 11) is 1.47. The molecule has 6 heteroatoms. The number of hydrogen-bond acceptors (Lipinski definition) is 6. The molecule has 0 spiro atoms. The minimum atomic E-state index is 0.278. The molecular weight excluding hydrogens is 320 g/mol. The number of rotatable bonds is 6. The summed E-state index contributed by atoms with van der Waals surface area (Å²) in [6, 6.07) is 15.7. The second-order valence-corrected chi connectivity index (χ2v) is 5.41. The van der Waals surface area contributed by atoms with Crippen molar-refractivity contribution in [3.63, 3.8) is 0 Å². The summed E-state index contributed by atoms with van der Waals surface area (Å²) in [4.78, 5) is 10.1. The lowest BCUT2D eigenvalue weighted by atomic mass is 10.1. The highest BCUT2D eigenvalue weighted by Gasteiger charge is 2.22. The summed E-state index contributed by atoms with van der Waals surface area (Å²) in [5, 5.41) is 7.98. The molecule has 1 aliphatic heterocycles. The highest BCUT2D eigenvalue weighted by atomic mass is 16.7.